The number of carbonyl (C=O) groups excluding carboxylic acids is 1. The minimum Gasteiger partial charge on any atom is -0.457 e. The zero-order valence-electron chi connectivity index (χ0n) is 13.7. The number of ether oxygens (including phenoxy) is 1. The molecule has 4 nitrogen and oxygen atoms in total. The van der Waals surface area contributed by atoms with E-state index in [1.165, 1.54) is 6.07 Å². The van der Waals surface area contributed by atoms with Crippen molar-refractivity contribution in [3.63, 3.8) is 0 Å². The molecule has 6 heteroatoms. The average molecular weight is 354 g/mol. The number of carbonyl (C=O) groups is 1. The van der Waals surface area contributed by atoms with Crippen LogP contribution in [-0.2, 0) is 4.79 Å². The molecular formula is C20H16F2N2O2. The molecule has 0 saturated heterocycles. The number of halogens is 2. The summed E-state index contributed by atoms with van der Waals surface area (Å²) < 4.78 is 32.0. The molecule has 0 atom stereocenters. The highest BCUT2D eigenvalue weighted by atomic mass is 19.1. The monoisotopic (exact) mass is 354 g/mol. The van der Waals surface area contributed by atoms with Gasteiger partial charge in [-0.15, -0.1) is 0 Å². The molecule has 0 heterocycles. The Morgan fingerprint density at radius 1 is 0.885 bits per heavy atom. The molecule has 0 aliphatic carbocycles. The van der Waals surface area contributed by atoms with Crippen molar-refractivity contribution in [2.75, 3.05) is 17.2 Å². The number of benzene rings is 3. The van der Waals surface area contributed by atoms with Gasteiger partial charge in [-0.1, -0.05) is 18.2 Å². The maximum atomic E-state index is 13.5. The van der Waals surface area contributed by atoms with E-state index in [2.05, 4.69) is 10.6 Å². The quantitative estimate of drug-likeness (QED) is 0.668. The van der Waals surface area contributed by atoms with Crippen molar-refractivity contribution in [2.24, 2.45) is 0 Å². The minimum absolute atomic E-state index is 0.0631. The second-order valence-corrected chi connectivity index (χ2v) is 5.47. The van der Waals surface area contributed by atoms with Crippen LogP contribution in [0.5, 0.6) is 11.5 Å². The lowest BCUT2D eigenvalue weighted by Crippen LogP contribution is -2.22. The van der Waals surface area contributed by atoms with Gasteiger partial charge in [-0.2, -0.15) is 0 Å². The van der Waals surface area contributed by atoms with E-state index in [0.717, 1.165) is 17.9 Å². The van der Waals surface area contributed by atoms with Gasteiger partial charge in [0.15, 0.2) is 0 Å². The number of rotatable bonds is 6. The van der Waals surface area contributed by atoms with E-state index in [4.69, 9.17) is 4.74 Å². The van der Waals surface area contributed by atoms with E-state index in [1.54, 1.807) is 24.3 Å². The molecule has 26 heavy (non-hydrogen) atoms. The maximum absolute atomic E-state index is 13.5. The number of nitrogens with one attached hydrogen (secondary N) is 2. The average Bonchev–Trinajstić information content (AvgIpc) is 2.63. The predicted molar refractivity (Wildman–Crippen MR) is 96.4 cm³/mol. The van der Waals surface area contributed by atoms with Gasteiger partial charge in [0.2, 0.25) is 5.91 Å². The maximum Gasteiger partial charge on any atom is 0.243 e. The lowest BCUT2D eigenvalue weighted by molar-refractivity contribution is -0.114. The lowest BCUT2D eigenvalue weighted by atomic mass is 10.3. The SMILES string of the molecule is O=C(CNc1ccc(F)cc1F)Nc1ccc(Oc2ccccc2)cc1. The van der Waals surface area contributed by atoms with Crippen LogP contribution >= 0.6 is 0 Å². The standard InChI is InChI=1S/C20H16F2N2O2/c21-14-6-11-19(18(22)12-14)23-13-20(25)24-15-7-9-17(10-8-15)26-16-4-2-1-3-5-16/h1-12,23H,13H2,(H,24,25). The highest BCUT2D eigenvalue weighted by Crippen LogP contribution is 2.22. The number of hydrogen-bond acceptors (Lipinski definition) is 3. The first-order valence-electron chi connectivity index (χ1n) is 7.92. The van der Waals surface area contributed by atoms with Crippen LogP contribution in [0.2, 0.25) is 0 Å². The van der Waals surface area contributed by atoms with E-state index >= 15 is 0 Å². The van der Waals surface area contributed by atoms with Crippen LogP contribution in [0.15, 0.2) is 72.8 Å². The molecule has 0 spiro atoms. The Labute approximate surface area is 149 Å². The molecule has 0 fully saturated rings. The normalized spacial score (nSPS) is 10.2. The van der Waals surface area contributed by atoms with Gasteiger partial charge < -0.3 is 15.4 Å². The number of anilines is 2. The van der Waals surface area contributed by atoms with Crippen molar-refractivity contribution in [3.8, 4) is 11.5 Å². The van der Waals surface area contributed by atoms with Gasteiger partial charge in [0.05, 0.1) is 12.2 Å². The molecule has 3 rings (SSSR count). The first-order valence-corrected chi connectivity index (χ1v) is 7.92. The van der Waals surface area contributed by atoms with E-state index in [-0.39, 0.29) is 18.1 Å². The van der Waals surface area contributed by atoms with Gasteiger partial charge >= 0.3 is 0 Å². The second kappa shape index (κ2) is 8.11. The largest absolute Gasteiger partial charge is 0.457 e. The summed E-state index contributed by atoms with van der Waals surface area (Å²) >= 11 is 0. The molecule has 3 aromatic carbocycles. The van der Waals surface area contributed by atoms with Gasteiger partial charge in [0, 0.05) is 11.8 Å². The van der Waals surface area contributed by atoms with Gasteiger partial charge in [-0.3, -0.25) is 4.79 Å². The highest BCUT2D eigenvalue weighted by Gasteiger charge is 2.07. The molecule has 0 aromatic heterocycles. The van der Waals surface area contributed by atoms with Crippen molar-refractivity contribution in [3.05, 3.63) is 84.4 Å². The van der Waals surface area contributed by atoms with E-state index in [1.807, 2.05) is 30.3 Å². The summed E-state index contributed by atoms with van der Waals surface area (Å²) in [4.78, 5) is 11.9. The molecular weight excluding hydrogens is 338 g/mol. The minimum atomic E-state index is -0.750. The Morgan fingerprint density at radius 3 is 2.27 bits per heavy atom. The second-order valence-electron chi connectivity index (χ2n) is 5.47. The molecule has 0 saturated carbocycles. The van der Waals surface area contributed by atoms with Crippen molar-refractivity contribution >= 4 is 17.3 Å². The van der Waals surface area contributed by atoms with Crippen molar-refractivity contribution in [1.82, 2.24) is 0 Å². The fourth-order valence-electron chi connectivity index (χ4n) is 2.24. The Bertz CT molecular complexity index is 884. The summed E-state index contributed by atoms with van der Waals surface area (Å²) in [5.74, 6) is -0.420. The molecule has 0 aliphatic heterocycles. The van der Waals surface area contributed by atoms with Gasteiger partial charge in [0.1, 0.15) is 23.1 Å². The van der Waals surface area contributed by atoms with Crippen LogP contribution < -0.4 is 15.4 Å². The third kappa shape index (κ3) is 4.80. The van der Waals surface area contributed by atoms with E-state index in [9.17, 15) is 13.6 Å². The highest BCUT2D eigenvalue weighted by molar-refractivity contribution is 5.93. The number of para-hydroxylation sites is 1. The van der Waals surface area contributed by atoms with Crippen LogP contribution in [0.4, 0.5) is 20.2 Å². The van der Waals surface area contributed by atoms with Crippen LogP contribution in [0.25, 0.3) is 0 Å². The van der Waals surface area contributed by atoms with Gasteiger partial charge in [-0.25, -0.2) is 8.78 Å². The summed E-state index contributed by atoms with van der Waals surface area (Å²) in [7, 11) is 0. The van der Waals surface area contributed by atoms with Crippen LogP contribution in [-0.4, -0.2) is 12.5 Å². The zero-order chi connectivity index (χ0) is 18.4. The summed E-state index contributed by atoms with van der Waals surface area (Å²) in [6.07, 6.45) is 0. The molecule has 1 amide bonds. The van der Waals surface area contributed by atoms with E-state index < -0.39 is 11.6 Å². The Balaban J connectivity index is 1.52. The van der Waals surface area contributed by atoms with Gasteiger partial charge in [0.25, 0.3) is 0 Å². The smallest absolute Gasteiger partial charge is 0.243 e. The zero-order valence-corrected chi connectivity index (χ0v) is 13.7. The van der Waals surface area contributed by atoms with E-state index in [0.29, 0.717) is 11.4 Å². The third-order valence-corrected chi connectivity index (χ3v) is 3.49. The first kappa shape index (κ1) is 17.4. The van der Waals surface area contributed by atoms with Crippen LogP contribution in [0, 0.1) is 11.6 Å². The molecule has 0 radical (unpaired) electrons. The van der Waals surface area contributed by atoms with Crippen LogP contribution in [0.1, 0.15) is 0 Å². The lowest BCUT2D eigenvalue weighted by Gasteiger charge is -2.10. The molecule has 132 valence electrons. The molecule has 3 aromatic rings. The summed E-state index contributed by atoms with van der Waals surface area (Å²) in [6, 6.07) is 19.3. The summed E-state index contributed by atoms with van der Waals surface area (Å²) in [5, 5.41) is 5.31. The topological polar surface area (TPSA) is 50.4 Å². The number of amides is 1. The Morgan fingerprint density at radius 2 is 1.58 bits per heavy atom. The molecule has 0 aliphatic rings. The molecule has 0 unspecified atom stereocenters. The summed E-state index contributed by atoms with van der Waals surface area (Å²) in [6.45, 7) is -0.148. The molecule has 2 N–H and O–H groups in total. The van der Waals surface area contributed by atoms with Crippen molar-refractivity contribution in [2.45, 2.75) is 0 Å². The van der Waals surface area contributed by atoms with Crippen LogP contribution in [0.3, 0.4) is 0 Å². The Hall–Kier alpha value is -3.41. The fraction of sp³-hybridized carbons (Fsp3) is 0.0500. The number of hydrogen-bond donors (Lipinski definition) is 2. The predicted octanol–water partition coefficient (Wildman–Crippen LogP) is 4.81. The summed E-state index contributed by atoms with van der Waals surface area (Å²) in [5.41, 5.74) is 0.643. The Kier molecular flexibility index (Phi) is 5.43. The third-order valence-electron chi connectivity index (χ3n) is 3.49. The van der Waals surface area contributed by atoms with Crippen molar-refractivity contribution in [1.29, 1.82) is 0 Å². The van der Waals surface area contributed by atoms with Gasteiger partial charge in [-0.05, 0) is 48.5 Å². The first-order chi connectivity index (χ1) is 12.6. The molecule has 0 bridgehead atoms. The fourth-order valence-corrected chi connectivity index (χ4v) is 2.24. The van der Waals surface area contributed by atoms with Crippen molar-refractivity contribution < 1.29 is 18.3 Å².